The quantitative estimate of drug-likeness (QED) is 0.664. The summed E-state index contributed by atoms with van der Waals surface area (Å²) in [6.07, 6.45) is 0.669. The molecule has 1 aliphatic rings. The van der Waals surface area contributed by atoms with Gasteiger partial charge in [0.15, 0.2) is 5.78 Å². The summed E-state index contributed by atoms with van der Waals surface area (Å²) >= 11 is 3.33. The number of ketones is 1. The Bertz CT molecular complexity index is 982. The van der Waals surface area contributed by atoms with Gasteiger partial charge in [-0.05, 0) is 34.3 Å². The molecule has 2 aromatic rings. The molecule has 1 aromatic heterocycles. The van der Waals surface area contributed by atoms with Gasteiger partial charge in [-0.3, -0.25) is 14.5 Å². The molecule has 0 spiro atoms. The third-order valence-electron chi connectivity index (χ3n) is 5.09. The van der Waals surface area contributed by atoms with Crippen molar-refractivity contribution in [1.29, 1.82) is 0 Å². The van der Waals surface area contributed by atoms with Gasteiger partial charge in [0.25, 0.3) is 5.56 Å². The number of likely N-dealkylation sites (tertiary alicyclic amines) is 1. The highest BCUT2D eigenvalue weighted by molar-refractivity contribution is 9.10. The maximum absolute atomic E-state index is 12.9. The molecule has 7 nitrogen and oxygen atoms in total. The van der Waals surface area contributed by atoms with Crippen molar-refractivity contribution in [2.45, 2.75) is 58.1 Å². The lowest BCUT2D eigenvalue weighted by atomic mass is 9.95. The fourth-order valence-electron chi connectivity index (χ4n) is 3.39. The predicted octanol–water partition coefficient (Wildman–Crippen LogP) is 3.74. The minimum atomic E-state index is -0.595. The Kier molecular flexibility index (Phi) is 6.75. The SMILES string of the molecule is CC(C)(C)c1nc(Br)c(CC(=O)[C@H]2CCCN2C(=O)OCc2ccccc2)c(=O)[nH]1. The molecule has 1 atom stereocenters. The van der Waals surface area contributed by atoms with E-state index in [1.807, 2.05) is 51.1 Å². The minimum absolute atomic E-state index is 0.0968. The minimum Gasteiger partial charge on any atom is -0.445 e. The number of rotatable bonds is 5. The van der Waals surface area contributed by atoms with E-state index in [0.29, 0.717) is 23.4 Å². The Morgan fingerprint density at radius 3 is 2.60 bits per heavy atom. The number of halogens is 1. The van der Waals surface area contributed by atoms with Crippen LogP contribution in [0.25, 0.3) is 0 Å². The van der Waals surface area contributed by atoms with Crippen molar-refractivity contribution in [3.05, 3.63) is 62.2 Å². The number of carbonyl (C=O) groups is 2. The largest absolute Gasteiger partial charge is 0.445 e. The number of Topliss-reactive ketones (excluding diaryl/α,β-unsaturated/α-hetero) is 1. The number of aromatic nitrogens is 2. The Morgan fingerprint density at radius 2 is 1.97 bits per heavy atom. The first-order valence-corrected chi connectivity index (χ1v) is 10.8. The van der Waals surface area contributed by atoms with E-state index >= 15 is 0 Å². The second-order valence-electron chi connectivity index (χ2n) is 8.47. The Balaban J connectivity index is 1.69. The zero-order valence-electron chi connectivity index (χ0n) is 17.4. The van der Waals surface area contributed by atoms with Gasteiger partial charge in [-0.2, -0.15) is 0 Å². The van der Waals surface area contributed by atoms with Crippen LogP contribution in [0.3, 0.4) is 0 Å². The van der Waals surface area contributed by atoms with E-state index in [0.717, 1.165) is 12.0 Å². The van der Waals surface area contributed by atoms with Gasteiger partial charge in [0.1, 0.15) is 17.0 Å². The first-order chi connectivity index (χ1) is 14.2. The molecule has 0 radical (unpaired) electrons. The maximum Gasteiger partial charge on any atom is 0.410 e. The number of hydrogen-bond donors (Lipinski definition) is 1. The second-order valence-corrected chi connectivity index (χ2v) is 9.22. The molecule has 2 heterocycles. The molecule has 0 bridgehead atoms. The number of aromatic amines is 1. The van der Waals surface area contributed by atoms with Crippen LogP contribution >= 0.6 is 15.9 Å². The third kappa shape index (κ3) is 5.16. The first kappa shape index (κ1) is 22.2. The van der Waals surface area contributed by atoms with Gasteiger partial charge in [-0.25, -0.2) is 9.78 Å². The molecule has 1 aliphatic heterocycles. The van der Waals surface area contributed by atoms with Crippen molar-refractivity contribution < 1.29 is 14.3 Å². The van der Waals surface area contributed by atoms with Crippen LogP contribution in [0.2, 0.25) is 0 Å². The summed E-state index contributed by atoms with van der Waals surface area (Å²) in [5, 5.41) is 0. The van der Waals surface area contributed by atoms with Crippen molar-refractivity contribution in [2.75, 3.05) is 6.54 Å². The number of hydrogen-bond acceptors (Lipinski definition) is 5. The molecule has 160 valence electrons. The summed E-state index contributed by atoms with van der Waals surface area (Å²) in [5.74, 6) is 0.350. The van der Waals surface area contributed by atoms with E-state index in [2.05, 4.69) is 25.9 Å². The fraction of sp³-hybridized carbons (Fsp3) is 0.455. The van der Waals surface area contributed by atoms with Crippen molar-refractivity contribution in [2.24, 2.45) is 0 Å². The molecule has 0 saturated carbocycles. The van der Waals surface area contributed by atoms with Crippen LogP contribution in [0.4, 0.5) is 4.79 Å². The normalized spacial score (nSPS) is 16.5. The van der Waals surface area contributed by atoms with Gasteiger partial charge >= 0.3 is 6.09 Å². The fourth-order valence-corrected chi connectivity index (χ4v) is 3.89. The van der Waals surface area contributed by atoms with Gasteiger partial charge < -0.3 is 9.72 Å². The molecule has 30 heavy (non-hydrogen) atoms. The number of nitrogens with one attached hydrogen (secondary N) is 1. The lowest BCUT2D eigenvalue weighted by Gasteiger charge is -2.23. The molecule has 1 saturated heterocycles. The monoisotopic (exact) mass is 475 g/mol. The summed E-state index contributed by atoms with van der Waals surface area (Å²) in [5.41, 5.74) is 0.492. The van der Waals surface area contributed by atoms with E-state index in [4.69, 9.17) is 4.74 Å². The van der Waals surface area contributed by atoms with E-state index in [1.54, 1.807) is 0 Å². The first-order valence-electron chi connectivity index (χ1n) is 9.96. The van der Waals surface area contributed by atoms with Crippen molar-refractivity contribution >= 4 is 27.8 Å². The molecular weight excluding hydrogens is 450 g/mol. The van der Waals surface area contributed by atoms with Gasteiger partial charge in [0.05, 0.1) is 11.6 Å². The molecule has 1 fully saturated rings. The zero-order chi connectivity index (χ0) is 21.9. The highest BCUT2D eigenvalue weighted by Gasteiger charge is 2.35. The van der Waals surface area contributed by atoms with Crippen LogP contribution in [0.1, 0.15) is 50.6 Å². The molecule has 1 amide bonds. The zero-order valence-corrected chi connectivity index (χ0v) is 19.0. The van der Waals surface area contributed by atoms with E-state index < -0.39 is 12.1 Å². The van der Waals surface area contributed by atoms with Crippen LogP contribution in [-0.2, 0) is 28.0 Å². The Labute approximate surface area is 184 Å². The number of ether oxygens (including phenoxy) is 1. The topological polar surface area (TPSA) is 92.4 Å². The average Bonchev–Trinajstić information content (AvgIpc) is 3.19. The van der Waals surface area contributed by atoms with E-state index in [1.165, 1.54) is 4.90 Å². The number of benzene rings is 1. The Hall–Kier alpha value is -2.48. The summed E-state index contributed by atoms with van der Waals surface area (Å²) < 4.78 is 5.75. The summed E-state index contributed by atoms with van der Waals surface area (Å²) in [4.78, 5) is 46.7. The lowest BCUT2D eigenvalue weighted by Crippen LogP contribution is -2.42. The highest BCUT2D eigenvalue weighted by atomic mass is 79.9. The molecule has 1 N–H and O–H groups in total. The van der Waals surface area contributed by atoms with Gasteiger partial charge in [-0.15, -0.1) is 0 Å². The number of H-pyrrole nitrogens is 1. The molecule has 0 aliphatic carbocycles. The van der Waals surface area contributed by atoms with E-state index in [-0.39, 0.29) is 35.3 Å². The van der Waals surface area contributed by atoms with Crippen LogP contribution < -0.4 is 5.56 Å². The maximum atomic E-state index is 12.9. The van der Waals surface area contributed by atoms with Crippen LogP contribution in [-0.4, -0.2) is 39.3 Å². The van der Waals surface area contributed by atoms with Gasteiger partial charge in [-0.1, -0.05) is 51.1 Å². The smallest absolute Gasteiger partial charge is 0.410 e. The Morgan fingerprint density at radius 1 is 1.27 bits per heavy atom. The van der Waals surface area contributed by atoms with Crippen molar-refractivity contribution in [1.82, 2.24) is 14.9 Å². The average molecular weight is 476 g/mol. The van der Waals surface area contributed by atoms with Crippen molar-refractivity contribution in [3.63, 3.8) is 0 Å². The number of nitrogens with zero attached hydrogens (tertiary/aromatic N) is 2. The second kappa shape index (κ2) is 9.12. The predicted molar refractivity (Wildman–Crippen MR) is 116 cm³/mol. The lowest BCUT2D eigenvalue weighted by molar-refractivity contribution is -0.122. The van der Waals surface area contributed by atoms with Crippen molar-refractivity contribution in [3.8, 4) is 0 Å². The molecule has 0 unspecified atom stereocenters. The van der Waals surface area contributed by atoms with Gasteiger partial charge in [0.2, 0.25) is 0 Å². The summed E-state index contributed by atoms with van der Waals surface area (Å²) in [6.45, 7) is 6.45. The summed E-state index contributed by atoms with van der Waals surface area (Å²) in [7, 11) is 0. The highest BCUT2D eigenvalue weighted by Crippen LogP contribution is 2.23. The molecular formula is C22H26BrN3O4. The molecule has 1 aromatic carbocycles. The number of carbonyl (C=O) groups excluding carboxylic acids is 2. The standard InChI is InChI=1S/C22H26BrN3O4/c1-22(2,3)20-24-18(23)15(19(28)25-20)12-17(27)16-10-7-11-26(16)21(29)30-13-14-8-5-4-6-9-14/h4-6,8-9,16H,7,10-13H2,1-3H3,(H,24,25,28)/t16-/m1/s1. The van der Waals surface area contributed by atoms with Gasteiger partial charge in [0, 0.05) is 18.4 Å². The molecule has 3 rings (SSSR count). The van der Waals surface area contributed by atoms with E-state index in [9.17, 15) is 14.4 Å². The van der Waals surface area contributed by atoms with Crippen LogP contribution in [0, 0.1) is 0 Å². The number of amides is 1. The third-order valence-corrected chi connectivity index (χ3v) is 5.75. The summed E-state index contributed by atoms with van der Waals surface area (Å²) in [6, 6.07) is 8.79. The van der Waals surface area contributed by atoms with Crippen LogP contribution in [0.5, 0.6) is 0 Å². The van der Waals surface area contributed by atoms with Crippen LogP contribution in [0.15, 0.2) is 39.7 Å². The molecule has 8 heteroatoms.